The van der Waals surface area contributed by atoms with Crippen LogP contribution >= 0.6 is 0 Å². The van der Waals surface area contributed by atoms with Crippen molar-refractivity contribution in [2.45, 2.75) is 6.92 Å². The van der Waals surface area contributed by atoms with Gasteiger partial charge in [0.2, 0.25) is 10.0 Å². The molecule has 0 aliphatic heterocycles. The maximum Gasteiger partial charge on any atom is 0.257 e. The fraction of sp³-hybridized carbons (Fsp3) is 0.417. The van der Waals surface area contributed by atoms with Gasteiger partial charge in [-0.2, -0.15) is 0 Å². The molecule has 0 bridgehead atoms. The Bertz CT molecular complexity index is 525. The van der Waals surface area contributed by atoms with Gasteiger partial charge in [-0.3, -0.25) is 9.10 Å². The van der Waals surface area contributed by atoms with Crippen LogP contribution < -0.4 is 14.4 Å². The second-order valence-electron chi connectivity index (χ2n) is 3.97. The number of nitrogens with one attached hydrogen (secondary N) is 1. The molecule has 1 N–H and O–H groups in total. The van der Waals surface area contributed by atoms with Gasteiger partial charge in [-0.15, -0.1) is 0 Å². The maximum atomic E-state index is 11.3. The van der Waals surface area contributed by atoms with Crippen LogP contribution in [0.1, 0.15) is 6.92 Å². The van der Waals surface area contributed by atoms with Crippen molar-refractivity contribution >= 4 is 21.6 Å². The SMILES string of the molecule is CCNC(=O)COc1ccc(N(C)S(C)(=O)=O)cc1. The zero-order chi connectivity index (χ0) is 14.5. The third kappa shape index (κ3) is 4.78. The molecule has 0 aromatic heterocycles. The molecule has 1 aromatic rings. The van der Waals surface area contributed by atoms with Crippen molar-refractivity contribution in [1.82, 2.24) is 5.32 Å². The molecule has 7 heteroatoms. The first-order valence-electron chi connectivity index (χ1n) is 5.78. The van der Waals surface area contributed by atoms with Gasteiger partial charge in [0.15, 0.2) is 6.61 Å². The molecule has 106 valence electrons. The van der Waals surface area contributed by atoms with E-state index < -0.39 is 10.0 Å². The fourth-order valence-corrected chi connectivity index (χ4v) is 1.85. The summed E-state index contributed by atoms with van der Waals surface area (Å²) in [4.78, 5) is 11.2. The number of benzene rings is 1. The average Bonchev–Trinajstić information content (AvgIpc) is 2.35. The summed E-state index contributed by atoms with van der Waals surface area (Å²) in [7, 11) is -1.80. The number of amides is 1. The van der Waals surface area contributed by atoms with Crippen molar-refractivity contribution in [1.29, 1.82) is 0 Å². The Morgan fingerprint density at radius 1 is 1.32 bits per heavy atom. The molecule has 0 saturated heterocycles. The lowest BCUT2D eigenvalue weighted by atomic mass is 10.3. The summed E-state index contributed by atoms with van der Waals surface area (Å²) < 4.78 is 29.1. The molecule has 0 atom stereocenters. The highest BCUT2D eigenvalue weighted by atomic mass is 32.2. The standard InChI is InChI=1S/C12H18N2O4S/c1-4-13-12(15)9-18-11-7-5-10(6-8-11)14(2)19(3,16)17/h5-8H,4,9H2,1-3H3,(H,13,15). The Morgan fingerprint density at radius 2 is 1.89 bits per heavy atom. The highest BCUT2D eigenvalue weighted by Gasteiger charge is 2.11. The second-order valence-corrected chi connectivity index (χ2v) is 5.98. The maximum absolute atomic E-state index is 11.3. The monoisotopic (exact) mass is 286 g/mol. The molecular weight excluding hydrogens is 268 g/mol. The molecule has 1 aromatic carbocycles. The number of anilines is 1. The molecule has 1 rings (SSSR count). The van der Waals surface area contributed by atoms with Crippen LogP contribution in [0.25, 0.3) is 0 Å². The van der Waals surface area contributed by atoms with Gasteiger partial charge in [0, 0.05) is 13.6 Å². The van der Waals surface area contributed by atoms with Crippen molar-refractivity contribution < 1.29 is 17.9 Å². The Balaban J connectivity index is 2.64. The molecular formula is C12H18N2O4S. The van der Waals surface area contributed by atoms with Gasteiger partial charge in [0.1, 0.15) is 5.75 Å². The molecule has 6 nitrogen and oxygen atoms in total. The van der Waals surface area contributed by atoms with Crippen molar-refractivity contribution in [3.05, 3.63) is 24.3 Å². The summed E-state index contributed by atoms with van der Waals surface area (Å²) in [6.45, 7) is 2.32. The number of carbonyl (C=O) groups is 1. The molecule has 0 aliphatic rings. The van der Waals surface area contributed by atoms with Crippen molar-refractivity contribution in [2.75, 3.05) is 30.8 Å². The lowest BCUT2D eigenvalue weighted by molar-refractivity contribution is -0.122. The largest absolute Gasteiger partial charge is 0.484 e. The summed E-state index contributed by atoms with van der Waals surface area (Å²) in [6.07, 6.45) is 1.13. The highest BCUT2D eigenvalue weighted by molar-refractivity contribution is 7.92. The predicted octanol–water partition coefficient (Wildman–Crippen LogP) is 0.597. The van der Waals surface area contributed by atoms with Gasteiger partial charge in [-0.25, -0.2) is 8.42 Å². The van der Waals surface area contributed by atoms with E-state index in [1.54, 1.807) is 24.3 Å². The summed E-state index contributed by atoms with van der Waals surface area (Å²) in [5, 5.41) is 2.61. The van der Waals surface area contributed by atoms with Gasteiger partial charge < -0.3 is 10.1 Å². The smallest absolute Gasteiger partial charge is 0.257 e. The zero-order valence-electron chi connectivity index (χ0n) is 11.2. The number of sulfonamides is 1. The predicted molar refractivity (Wildman–Crippen MR) is 73.9 cm³/mol. The zero-order valence-corrected chi connectivity index (χ0v) is 12.0. The molecule has 0 heterocycles. The first kappa shape index (κ1) is 15.3. The average molecular weight is 286 g/mol. The number of carbonyl (C=O) groups excluding carboxylic acids is 1. The van der Waals surface area contributed by atoms with E-state index >= 15 is 0 Å². The van der Waals surface area contributed by atoms with Gasteiger partial charge in [0.05, 0.1) is 11.9 Å². The Kier molecular flexibility index (Phi) is 5.17. The lowest BCUT2D eigenvalue weighted by Crippen LogP contribution is -2.28. The molecule has 19 heavy (non-hydrogen) atoms. The third-order valence-electron chi connectivity index (χ3n) is 2.44. The molecule has 1 amide bonds. The minimum atomic E-state index is -3.27. The van der Waals surface area contributed by atoms with E-state index in [1.807, 2.05) is 6.92 Å². The third-order valence-corrected chi connectivity index (χ3v) is 3.65. The van der Waals surface area contributed by atoms with Crippen molar-refractivity contribution in [3.8, 4) is 5.75 Å². The van der Waals surface area contributed by atoms with Crippen LogP contribution in [0.5, 0.6) is 5.75 Å². The molecule has 0 radical (unpaired) electrons. The minimum absolute atomic E-state index is 0.0604. The van der Waals surface area contributed by atoms with E-state index in [0.29, 0.717) is 18.0 Å². The number of ether oxygens (including phenoxy) is 1. The van der Waals surface area contributed by atoms with E-state index in [2.05, 4.69) is 5.32 Å². The van der Waals surface area contributed by atoms with E-state index in [1.165, 1.54) is 11.4 Å². The number of hydrogen-bond acceptors (Lipinski definition) is 4. The lowest BCUT2D eigenvalue weighted by Gasteiger charge is -2.16. The summed E-state index contributed by atoms with van der Waals surface area (Å²) in [5.74, 6) is 0.316. The Morgan fingerprint density at radius 3 is 2.37 bits per heavy atom. The topological polar surface area (TPSA) is 75.7 Å². The summed E-state index contributed by atoms with van der Waals surface area (Å²) in [5.41, 5.74) is 0.535. The molecule has 0 spiro atoms. The Hall–Kier alpha value is -1.76. The van der Waals surface area contributed by atoms with E-state index in [9.17, 15) is 13.2 Å². The number of hydrogen-bond donors (Lipinski definition) is 1. The molecule has 0 unspecified atom stereocenters. The summed E-state index contributed by atoms with van der Waals surface area (Å²) >= 11 is 0. The van der Waals surface area contributed by atoms with Crippen molar-refractivity contribution in [3.63, 3.8) is 0 Å². The van der Waals surface area contributed by atoms with E-state index in [-0.39, 0.29) is 12.5 Å². The van der Waals surface area contributed by atoms with E-state index in [0.717, 1.165) is 6.26 Å². The first-order valence-corrected chi connectivity index (χ1v) is 7.63. The van der Waals surface area contributed by atoms with Crippen LogP contribution in [0.2, 0.25) is 0 Å². The Labute approximate surface area is 113 Å². The van der Waals surface area contributed by atoms with Gasteiger partial charge in [-0.05, 0) is 31.2 Å². The number of rotatable bonds is 6. The first-order chi connectivity index (χ1) is 8.84. The van der Waals surface area contributed by atoms with Gasteiger partial charge in [-0.1, -0.05) is 0 Å². The fourth-order valence-electron chi connectivity index (χ4n) is 1.34. The van der Waals surface area contributed by atoms with Gasteiger partial charge >= 0.3 is 0 Å². The number of nitrogens with zero attached hydrogens (tertiary/aromatic N) is 1. The van der Waals surface area contributed by atoms with Crippen LogP contribution in [-0.4, -0.2) is 40.8 Å². The van der Waals surface area contributed by atoms with Crippen LogP contribution in [0, 0.1) is 0 Å². The number of likely N-dealkylation sites (N-methyl/N-ethyl adjacent to an activating group) is 1. The summed E-state index contributed by atoms with van der Waals surface area (Å²) in [6, 6.07) is 6.48. The van der Waals surface area contributed by atoms with Crippen LogP contribution in [0.3, 0.4) is 0 Å². The van der Waals surface area contributed by atoms with Crippen molar-refractivity contribution in [2.24, 2.45) is 0 Å². The highest BCUT2D eigenvalue weighted by Crippen LogP contribution is 2.19. The molecule has 0 aliphatic carbocycles. The van der Waals surface area contributed by atoms with Gasteiger partial charge in [0.25, 0.3) is 5.91 Å². The van der Waals surface area contributed by atoms with Crippen LogP contribution in [0.4, 0.5) is 5.69 Å². The quantitative estimate of drug-likeness (QED) is 0.831. The van der Waals surface area contributed by atoms with Crippen LogP contribution in [-0.2, 0) is 14.8 Å². The van der Waals surface area contributed by atoms with Crippen LogP contribution in [0.15, 0.2) is 24.3 Å². The molecule has 0 saturated carbocycles. The normalized spacial score (nSPS) is 10.9. The molecule has 0 fully saturated rings. The minimum Gasteiger partial charge on any atom is -0.484 e. The van der Waals surface area contributed by atoms with E-state index in [4.69, 9.17) is 4.74 Å². The second kappa shape index (κ2) is 6.42.